The van der Waals surface area contributed by atoms with Gasteiger partial charge >= 0.3 is 5.97 Å². The van der Waals surface area contributed by atoms with E-state index in [2.05, 4.69) is 17.4 Å². The van der Waals surface area contributed by atoms with E-state index in [1.54, 1.807) is 32.0 Å². The van der Waals surface area contributed by atoms with Gasteiger partial charge in [0.1, 0.15) is 12.6 Å². The number of esters is 1. The van der Waals surface area contributed by atoms with E-state index in [1.807, 2.05) is 0 Å². The molecule has 0 aromatic heterocycles. The summed E-state index contributed by atoms with van der Waals surface area (Å²) in [5, 5.41) is 2.04. The molecule has 0 unspecified atom stereocenters. The Hall–Kier alpha value is -3.44. The van der Waals surface area contributed by atoms with Gasteiger partial charge < -0.3 is 10.1 Å². The number of thioether (sulfide) groups is 1. The molecule has 0 radical (unpaired) electrons. The third-order valence-corrected chi connectivity index (χ3v) is 5.32. The fourth-order valence-electron chi connectivity index (χ4n) is 2.76. The second kappa shape index (κ2) is 12.0. The number of hydrogen-bond acceptors (Lipinski definition) is 8. The van der Waals surface area contributed by atoms with Crippen LogP contribution in [-0.2, 0) is 24.0 Å². The lowest BCUT2D eigenvalue weighted by Crippen LogP contribution is -2.45. The average molecular weight is 476 g/mol. The first-order valence-electron chi connectivity index (χ1n) is 9.93. The molecule has 1 heterocycles. The van der Waals surface area contributed by atoms with Crippen molar-refractivity contribution in [3.63, 3.8) is 0 Å². The van der Waals surface area contributed by atoms with Crippen LogP contribution in [0.1, 0.15) is 29.8 Å². The van der Waals surface area contributed by atoms with Gasteiger partial charge in [-0.25, -0.2) is 10.3 Å². The minimum absolute atomic E-state index is 0.0784. The van der Waals surface area contributed by atoms with Crippen LogP contribution in [0.15, 0.2) is 41.8 Å². The Morgan fingerprint density at radius 1 is 1.24 bits per heavy atom. The normalized spacial score (nSPS) is 15.5. The van der Waals surface area contributed by atoms with E-state index in [0.717, 1.165) is 4.90 Å². The van der Waals surface area contributed by atoms with Crippen molar-refractivity contribution < 1.29 is 33.5 Å². The van der Waals surface area contributed by atoms with Crippen molar-refractivity contribution in [2.24, 2.45) is 5.92 Å². The minimum Gasteiger partial charge on any atom is -0.467 e. The monoisotopic (exact) mass is 475 g/mol. The van der Waals surface area contributed by atoms with Crippen LogP contribution < -0.4 is 10.8 Å². The number of nitrogens with one attached hydrogen (secondary N) is 2. The molecule has 1 aromatic carbocycles. The number of ether oxygens (including phenoxy) is 1. The summed E-state index contributed by atoms with van der Waals surface area (Å²) in [5.74, 6) is -2.52. The van der Waals surface area contributed by atoms with Gasteiger partial charge in [-0.05, 0) is 41.5 Å². The van der Waals surface area contributed by atoms with Crippen molar-refractivity contribution in [3.8, 4) is 0 Å². The zero-order chi connectivity index (χ0) is 24.5. The van der Waals surface area contributed by atoms with E-state index in [-0.39, 0.29) is 23.0 Å². The van der Waals surface area contributed by atoms with Crippen LogP contribution in [-0.4, -0.2) is 60.1 Å². The number of methoxy groups -OCH3 is 1. The smallest absolute Gasteiger partial charge is 0.328 e. The zero-order valence-electron chi connectivity index (χ0n) is 18.5. The molecule has 1 aliphatic rings. The molecule has 33 heavy (non-hydrogen) atoms. The molecule has 0 saturated carbocycles. The SMILES string of the molecule is C=CCONC(=O)CN1C(=O)S/C(=C\c2cccc(C(=O)N[C@H](C(=O)OC)C(C)C)c2)C1=O. The molecule has 4 amide bonds. The highest BCUT2D eigenvalue weighted by atomic mass is 32.2. The molecule has 1 saturated heterocycles. The Morgan fingerprint density at radius 3 is 2.61 bits per heavy atom. The summed E-state index contributed by atoms with van der Waals surface area (Å²) in [6.45, 7) is 6.57. The van der Waals surface area contributed by atoms with Crippen LogP contribution >= 0.6 is 11.8 Å². The lowest BCUT2D eigenvalue weighted by atomic mass is 10.0. The van der Waals surface area contributed by atoms with Crippen molar-refractivity contribution in [1.82, 2.24) is 15.7 Å². The number of amides is 4. The first-order chi connectivity index (χ1) is 15.7. The number of benzene rings is 1. The minimum atomic E-state index is -0.815. The molecule has 1 fully saturated rings. The van der Waals surface area contributed by atoms with Crippen LogP contribution in [0, 0.1) is 5.92 Å². The van der Waals surface area contributed by atoms with Crippen molar-refractivity contribution >= 4 is 46.8 Å². The van der Waals surface area contributed by atoms with E-state index in [4.69, 9.17) is 9.57 Å². The van der Waals surface area contributed by atoms with Gasteiger partial charge in [0.15, 0.2) is 0 Å². The van der Waals surface area contributed by atoms with Crippen molar-refractivity contribution in [2.75, 3.05) is 20.3 Å². The first kappa shape index (κ1) is 25.8. The summed E-state index contributed by atoms with van der Waals surface area (Å²) in [6, 6.07) is 5.52. The lowest BCUT2D eigenvalue weighted by molar-refractivity contribution is -0.144. The highest BCUT2D eigenvalue weighted by Crippen LogP contribution is 2.32. The molecule has 0 bridgehead atoms. The van der Waals surface area contributed by atoms with Gasteiger partial charge in [0.05, 0.1) is 18.6 Å². The van der Waals surface area contributed by atoms with Crippen LogP contribution in [0.25, 0.3) is 6.08 Å². The largest absolute Gasteiger partial charge is 0.467 e. The second-order valence-electron chi connectivity index (χ2n) is 7.24. The van der Waals surface area contributed by atoms with Gasteiger partial charge in [-0.1, -0.05) is 32.1 Å². The zero-order valence-corrected chi connectivity index (χ0v) is 19.3. The van der Waals surface area contributed by atoms with Crippen LogP contribution in [0.2, 0.25) is 0 Å². The first-order valence-corrected chi connectivity index (χ1v) is 10.7. The number of carbonyl (C=O) groups is 5. The van der Waals surface area contributed by atoms with E-state index in [9.17, 15) is 24.0 Å². The molecule has 176 valence electrons. The molecule has 11 heteroatoms. The molecule has 2 rings (SSSR count). The van der Waals surface area contributed by atoms with Gasteiger partial charge in [-0.15, -0.1) is 6.58 Å². The molecule has 10 nitrogen and oxygen atoms in total. The number of hydroxylamine groups is 1. The number of carbonyl (C=O) groups excluding carboxylic acids is 5. The highest BCUT2D eigenvalue weighted by molar-refractivity contribution is 8.18. The molecule has 0 aliphatic carbocycles. The van der Waals surface area contributed by atoms with Crippen molar-refractivity contribution in [1.29, 1.82) is 0 Å². The Balaban J connectivity index is 2.13. The number of rotatable bonds is 10. The summed E-state index contributed by atoms with van der Waals surface area (Å²) < 4.78 is 4.73. The topological polar surface area (TPSA) is 131 Å². The lowest BCUT2D eigenvalue weighted by Gasteiger charge is -2.19. The summed E-state index contributed by atoms with van der Waals surface area (Å²) >= 11 is 0.682. The molecule has 1 aromatic rings. The molecule has 1 aliphatic heterocycles. The molecular weight excluding hydrogens is 450 g/mol. The molecule has 1 atom stereocenters. The summed E-state index contributed by atoms with van der Waals surface area (Å²) in [5.41, 5.74) is 2.86. The van der Waals surface area contributed by atoms with Crippen LogP contribution in [0.4, 0.5) is 4.79 Å². The second-order valence-corrected chi connectivity index (χ2v) is 8.23. The predicted molar refractivity (Wildman–Crippen MR) is 122 cm³/mol. The van der Waals surface area contributed by atoms with Crippen LogP contribution in [0.5, 0.6) is 0 Å². The standard InChI is InChI=1S/C22H25N3O7S/c1-5-9-32-24-17(26)12-25-20(28)16(33-22(25)30)11-14-7-6-8-15(10-14)19(27)23-18(13(2)3)21(29)31-4/h5-8,10-11,13,18H,1,9,12H2,2-4H3,(H,23,27)(H,24,26)/b16-11-/t18-/m0/s1. The molecular formula is C22H25N3O7S. The third-order valence-electron chi connectivity index (χ3n) is 4.42. The molecule has 0 spiro atoms. The Labute approximate surface area is 195 Å². The van der Waals surface area contributed by atoms with E-state index in [1.165, 1.54) is 25.3 Å². The maximum atomic E-state index is 12.6. The maximum Gasteiger partial charge on any atom is 0.328 e. The van der Waals surface area contributed by atoms with Gasteiger partial charge in [-0.3, -0.25) is 28.9 Å². The highest BCUT2D eigenvalue weighted by Gasteiger charge is 2.36. The number of hydrogen-bond donors (Lipinski definition) is 2. The summed E-state index contributed by atoms with van der Waals surface area (Å²) in [6.07, 6.45) is 2.88. The summed E-state index contributed by atoms with van der Waals surface area (Å²) in [4.78, 5) is 66.8. The number of nitrogens with zero attached hydrogens (tertiary/aromatic N) is 1. The predicted octanol–water partition coefficient (Wildman–Crippen LogP) is 1.88. The Bertz CT molecular complexity index is 990. The van der Waals surface area contributed by atoms with Crippen molar-refractivity contribution in [2.45, 2.75) is 19.9 Å². The Morgan fingerprint density at radius 2 is 1.97 bits per heavy atom. The van der Waals surface area contributed by atoms with Crippen molar-refractivity contribution in [3.05, 3.63) is 53.0 Å². The maximum absolute atomic E-state index is 12.6. The molecule has 2 N–H and O–H groups in total. The van der Waals surface area contributed by atoms with Gasteiger partial charge in [0, 0.05) is 5.56 Å². The van der Waals surface area contributed by atoms with E-state index >= 15 is 0 Å². The van der Waals surface area contributed by atoms with Gasteiger partial charge in [0.25, 0.3) is 23.0 Å². The van der Waals surface area contributed by atoms with Gasteiger partial charge in [0.2, 0.25) is 0 Å². The fraction of sp³-hybridized carbons (Fsp3) is 0.318. The summed E-state index contributed by atoms with van der Waals surface area (Å²) in [7, 11) is 1.25. The number of imide groups is 1. The fourth-order valence-corrected chi connectivity index (χ4v) is 3.60. The quantitative estimate of drug-likeness (QED) is 0.172. The van der Waals surface area contributed by atoms with Gasteiger partial charge in [-0.2, -0.15) is 0 Å². The average Bonchev–Trinajstić information content (AvgIpc) is 3.04. The third kappa shape index (κ3) is 7.02. The Kier molecular flexibility index (Phi) is 9.37. The van der Waals surface area contributed by atoms with Crippen LogP contribution in [0.3, 0.4) is 0 Å². The van der Waals surface area contributed by atoms with E-state index in [0.29, 0.717) is 17.3 Å². The van der Waals surface area contributed by atoms with E-state index < -0.39 is 41.5 Å².